The van der Waals surface area contributed by atoms with Crippen LogP contribution in [0.1, 0.15) is 28.4 Å². The zero-order chi connectivity index (χ0) is 11.0. The molecule has 0 aromatic heterocycles. The fourth-order valence-corrected chi connectivity index (χ4v) is 1.97. The first-order valence-electron chi connectivity index (χ1n) is 4.55. The minimum atomic E-state index is -1.03. The first-order chi connectivity index (χ1) is 7.11. The van der Waals surface area contributed by atoms with Crippen LogP contribution >= 0.6 is 24.0 Å². The van der Waals surface area contributed by atoms with E-state index in [4.69, 9.17) is 27.2 Å². The molecule has 16 heavy (non-hydrogen) atoms. The summed E-state index contributed by atoms with van der Waals surface area (Å²) in [5.41, 5.74) is 6.57. The van der Waals surface area contributed by atoms with Crippen molar-refractivity contribution in [2.45, 2.75) is 12.5 Å². The van der Waals surface area contributed by atoms with Gasteiger partial charge in [0.2, 0.25) is 0 Å². The highest BCUT2D eigenvalue weighted by Crippen LogP contribution is 2.38. The highest BCUT2D eigenvalue weighted by atomic mass is 35.5. The number of carbonyl (C=O) groups is 1. The zero-order valence-corrected chi connectivity index (χ0v) is 9.85. The van der Waals surface area contributed by atoms with Crippen molar-refractivity contribution in [3.63, 3.8) is 0 Å². The molecule has 0 unspecified atom stereocenters. The van der Waals surface area contributed by atoms with Crippen molar-refractivity contribution in [2.24, 2.45) is 5.73 Å². The van der Waals surface area contributed by atoms with Crippen LogP contribution in [0.2, 0.25) is 5.02 Å². The molecule has 6 heteroatoms. The van der Waals surface area contributed by atoms with Crippen LogP contribution in [0.5, 0.6) is 5.75 Å². The van der Waals surface area contributed by atoms with Crippen LogP contribution in [0.15, 0.2) is 12.1 Å². The van der Waals surface area contributed by atoms with Crippen LogP contribution in [0, 0.1) is 0 Å². The summed E-state index contributed by atoms with van der Waals surface area (Å²) in [5, 5.41) is 9.41. The summed E-state index contributed by atoms with van der Waals surface area (Å²) in [6.07, 6.45) is 0.649. The van der Waals surface area contributed by atoms with Gasteiger partial charge in [-0.1, -0.05) is 11.6 Å². The second kappa shape index (κ2) is 4.91. The molecule has 0 radical (unpaired) electrons. The third-order valence-electron chi connectivity index (χ3n) is 2.42. The number of ether oxygens (including phenoxy) is 1. The summed E-state index contributed by atoms with van der Waals surface area (Å²) in [7, 11) is 0. The van der Waals surface area contributed by atoms with E-state index in [1.807, 2.05) is 0 Å². The summed E-state index contributed by atoms with van der Waals surface area (Å²) in [4.78, 5) is 10.9. The lowest BCUT2D eigenvalue weighted by Crippen LogP contribution is -2.22. The number of hydrogen-bond acceptors (Lipinski definition) is 3. The number of rotatable bonds is 1. The van der Waals surface area contributed by atoms with Crippen molar-refractivity contribution in [1.82, 2.24) is 0 Å². The first kappa shape index (κ1) is 13.1. The highest BCUT2D eigenvalue weighted by Gasteiger charge is 2.26. The first-order valence-corrected chi connectivity index (χ1v) is 4.93. The second-order valence-electron chi connectivity index (χ2n) is 3.39. The maximum Gasteiger partial charge on any atom is 0.339 e. The van der Waals surface area contributed by atoms with E-state index in [1.54, 1.807) is 6.07 Å². The molecule has 0 bridgehead atoms. The maximum atomic E-state index is 10.9. The van der Waals surface area contributed by atoms with Crippen molar-refractivity contribution < 1.29 is 14.6 Å². The molecule has 0 aliphatic carbocycles. The maximum absolute atomic E-state index is 10.9. The van der Waals surface area contributed by atoms with E-state index in [0.29, 0.717) is 29.4 Å². The molecule has 1 aliphatic heterocycles. The van der Waals surface area contributed by atoms with Gasteiger partial charge in [-0.05, 0) is 12.1 Å². The van der Waals surface area contributed by atoms with Gasteiger partial charge in [0.15, 0.2) is 0 Å². The number of fused-ring (bicyclic) bond motifs is 1. The van der Waals surface area contributed by atoms with Crippen molar-refractivity contribution in [2.75, 3.05) is 6.61 Å². The molecule has 4 nitrogen and oxygen atoms in total. The van der Waals surface area contributed by atoms with Gasteiger partial charge in [-0.3, -0.25) is 0 Å². The molecule has 0 saturated carbocycles. The summed E-state index contributed by atoms with van der Waals surface area (Å²) in [6, 6.07) is 2.72. The molecule has 0 fully saturated rings. The van der Waals surface area contributed by atoms with Crippen LogP contribution in [0.3, 0.4) is 0 Å². The Morgan fingerprint density at radius 3 is 2.88 bits per heavy atom. The largest absolute Gasteiger partial charge is 0.492 e. The van der Waals surface area contributed by atoms with Gasteiger partial charge in [-0.2, -0.15) is 0 Å². The molecule has 0 saturated heterocycles. The Kier molecular flexibility index (Phi) is 4.02. The quantitative estimate of drug-likeness (QED) is 0.815. The summed E-state index contributed by atoms with van der Waals surface area (Å²) in [5.74, 6) is -0.717. The smallest absolute Gasteiger partial charge is 0.339 e. The number of halogens is 2. The number of nitrogens with two attached hydrogens (primary N) is 1. The molecule has 2 rings (SSSR count). The van der Waals surface area contributed by atoms with E-state index >= 15 is 0 Å². The molecule has 0 spiro atoms. The fourth-order valence-electron chi connectivity index (χ4n) is 1.68. The number of aromatic carboxylic acids is 1. The second-order valence-corrected chi connectivity index (χ2v) is 3.79. The van der Waals surface area contributed by atoms with Gasteiger partial charge in [0, 0.05) is 23.0 Å². The van der Waals surface area contributed by atoms with E-state index in [2.05, 4.69) is 0 Å². The van der Waals surface area contributed by atoms with Crippen molar-refractivity contribution in [1.29, 1.82) is 0 Å². The summed E-state index contributed by atoms with van der Waals surface area (Å²) >= 11 is 5.96. The summed E-state index contributed by atoms with van der Waals surface area (Å²) < 4.78 is 5.32. The Morgan fingerprint density at radius 2 is 2.25 bits per heavy atom. The third-order valence-corrected chi connectivity index (χ3v) is 2.75. The van der Waals surface area contributed by atoms with Crippen molar-refractivity contribution in [3.05, 3.63) is 28.3 Å². The molecule has 3 N–H and O–H groups in total. The van der Waals surface area contributed by atoms with Gasteiger partial charge >= 0.3 is 5.97 Å². The van der Waals surface area contributed by atoms with E-state index in [-0.39, 0.29) is 24.0 Å². The van der Waals surface area contributed by atoms with Crippen LogP contribution < -0.4 is 10.5 Å². The van der Waals surface area contributed by atoms with E-state index in [0.717, 1.165) is 0 Å². The van der Waals surface area contributed by atoms with Gasteiger partial charge in [0.25, 0.3) is 0 Å². The van der Waals surface area contributed by atoms with Gasteiger partial charge in [0.1, 0.15) is 11.3 Å². The Hall–Kier alpha value is -0.970. The van der Waals surface area contributed by atoms with Crippen LogP contribution in [-0.2, 0) is 0 Å². The topological polar surface area (TPSA) is 72.5 Å². The van der Waals surface area contributed by atoms with E-state index in [9.17, 15) is 4.79 Å². The van der Waals surface area contributed by atoms with Crippen LogP contribution in [0.4, 0.5) is 0 Å². The Labute approximate surface area is 104 Å². The average molecular weight is 264 g/mol. The zero-order valence-electron chi connectivity index (χ0n) is 8.27. The number of hydrogen-bond donors (Lipinski definition) is 2. The van der Waals surface area contributed by atoms with Gasteiger partial charge in [-0.25, -0.2) is 4.79 Å². The lowest BCUT2D eigenvalue weighted by molar-refractivity contribution is 0.0691. The molecular formula is C10H11Cl2NO3. The van der Waals surface area contributed by atoms with Gasteiger partial charge < -0.3 is 15.6 Å². The highest BCUT2D eigenvalue weighted by molar-refractivity contribution is 6.31. The van der Waals surface area contributed by atoms with Crippen LogP contribution in [-0.4, -0.2) is 17.7 Å². The lowest BCUT2D eigenvalue weighted by atomic mass is 9.98. The lowest BCUT2D eigenvalue weighted by Gasteiger charge is -2.25. The molecule has 88 valence electrons. The van der Waals surface area contributed by atoms with Crippen molar-refractivity contribution >= 4 is 30.0 Å². The monoisotopic (exact) mass is 263 g/mol. The Morgan fingerprint density at radius 1 is 1.56 bits per heavy atom. The average Bonchev–Trinajstić information content (AvgIpc) is 2.17. The van der Waals surface area contributed by atoms with Gasteiger partial charge in [0.05, 0.1) is 6.61 Å². The molecule has 0 amide bonds. The predicted molar refractivity (Wildman–Crippen MR) is 62.7 cm³/mol. The minimum Gasteiger partial charge on any atom is -0.492 e. The SMILES string of the molecule is Cl.N[C@@H]1CCOc2c(C(=O)O)ccc(Cl)c21. The van der Waals surface area contributed by atoms with Crippen LogP contribution in [0.25, 0.3) is 0 Å². The molecule has 1 heterocycles. The molecule has 1 aromatic carbocycles. The van der Waals surface area contributed by atoms with E-state index in [1.165, 1.54) is 6.07 Å². The predicted octanol–water partition coefficient (Wildman–Crippen LogP) is 2.24. The molecule has 1 aliphatic rings. The number of benzene rings is 1. The standard InChI is InChI=1S/C10H10ClNO3.ClH/c11-6-2-1-5(10(13)14)9-8(6)7(12)3-4-15-9;/h1-2,7H,3-4,12H2,(H,13,14);1H/t7-;/m1./s1. The normalized spacial score (nSPS) is 18.0. The Balaban J connectivity index is 0.00000128. The molecule has 1 atom stereocenters. The summed E-state index contributed by atoms with van der Waals surface area (Å²) in [6.45, 7) is 0.425. The molecule has 1 aromatic rings. The van der Waals surface area contributed by atoms with Crippen molar-refractivity contribution in [3.8, 4) is 5.75 Å². The molecular weight excluding hydrogens is 253 g/mol. The van der Waals surface area contributed by atoms with E-state index < -0.39 is 5.97 Å². The van der Waals surface area contributed by atoms with Gasteiger partial charge in [-0.15, -0.1) is 12.4 Å². The fraction of sp³-hybridized carbons (Fsp3) is 0.300. The minimum absolute atomic E-state index is 0. The third kappa shape index (κ3) is 2.09. The number of carboxylic acid groups (broad SMARTS) is 1. The Bertz CT molecular complexity index is 423. The number of carboxylic acids is 1.